The van der Waals surface area contributed by atoms with Crippen molar-refractivity contribution in [3.63, 3.8) is 0 Å². The molecule has 2 fully saturated rings. The van der Waals surface area contributed by atoms with Gasteiger partial charge in [0.1, 0.15) is 0 Å². The molecule has 5 nitrogen and oxygen atoms in total. The molecule has 0 radical (unpaired) electrons. The molecule has 0 amide bonds. The topological polar surface area (TPSA) is 71.5 Å². The zero-order chi connectivity index (χ0) is 17.5. The van der Waals surface area contributed by atoms with Gasteiger partial charge in [-0.1, -0.05) is 36.9 Å². The van der Waals surface area contributed by atoms with Gasteiger partial charge in [0.05, 0.1) is 15.4 Å². The second-order valence-electron chi connectivity index (χ2n) is 6.70. The molecule has 1 saturated heterocycles. The van der Waals surface area contributed by atoms with Crippen LogP contribution >= 0.6 is 11.6 Å². The molecule has 3 rings (SSSR count). The minimum atomic E-state index is -3.69. The summed E-state index contributed by atoms with van der Waals surface area (Å²) in [6.07, 6.45) is 4.39. The summed E-state index contributed by atoms with van der Waals surface area (Å²) in [7, 11) is -6.95. The van der Waals surface area contributed by atoms with Gasteiger partial charge in [0.15, 0.2) is 9.84 Å². The number of halogens is 1. The zero-order valence-corrected chi connectivity index (χ0v) is 16.0. The number of sulfone groups is 1. The molecule has 1 aromatic carbocycles. The smallest absolute Gasteiger partial charge is 0.228 e. The Labute approximate surface area is 149 Å². The Bertz CT molecular complexity index is 824. The highest BCUT2D eigenvalue weighted by Crippen LogP contribution is 2.33. The maximum absolute atomic E-state index is 12.7. The van der Waals surface area contributed by atoms with Crippen molar-refractivity contribution in [2.45, 2.75) is 54.4 Å². The number of rotatable bonds is 4. The molecule has 1 aliphatic carbocycles. The van der Waals surface area contributed by atoms with Crippen LogP contribution in [0.25, 0.3) is 0 Å². The highest BCUT2D eigenvalue weighted by molar-refractivity contribution is 7.93. The standard InChI is InChI=1S/C16H22ClNO4S2/c1-12-7-8-13(17)9-16(12)24(21,22)18-10-15(11-18)23(19,20)14-5-3-2-4-6-14/h7-9,14-15H,2-6,10-11H2,1H3. The van der Waals surface area contributed by atoms with Gasteiger partial charge in [0.25, 0.3) is 0 Å². The van der Waals surface area contributed by atoms with Gasteiger partial charge in [-0.15, -0.1) is 0 Å². The van der Waals surface area contributed by atoms with Crippen LogP contribution in [-0.4, -0.2) is 44.7 Å². The van der Waals surface area contributed by atoms with E-state index in [1.807, 2.05) is 0 Å². The molecule has 0 unspecified atom stereocenters. The van der Waals surface area contributed by atoms with Gasteiger partial charge in [0.2, 0.25) is 10.0 Å². The molecule has 1 saturated carbocycles. The normalized spacial score (nSPS) is 21.6. The molecule has 1 aromatic rings. The fourth-order valence-corrected chi connectivity index (χ4v) is 7.98. The number of nitrogens with zero attached hydrogens (tertiary/aromatic N) is 1. The first-order valence-corrected chi connectivity index (χ1v) is 11.6. The van der Waals surface area contributed by atoms with Crippen LogP contribution in [0.2, 0.25) is 5.02 Å². The van der Waals surface area contributed by atoms with E-state index in [0.29, 0.717) is 23.4 Å². The first-order chi connectivity index (χ1) is 11.2. The third kappa shape index (κ3) is 3.23. The molecule has 2 aliphatic rings. The molecule has 134 valence electrons. The lowest BCUT2D eigenvalue weighted by atomic mass is 10.0. The van der Waals surface area contributed by atoms with Gasteiger partial charge in [-0.25, -0.2) is 16.8 Å². The summed E-state index contributed by atoms with van der Waals surface area (Å²) < 4.78 is 52.0. The molecular formula is C16H22ClNO4S2. The zero-order valence-electron chi connectivity index (χ0n) is 13.6. The van der Waals surface area contributed by atoms with E-state index >= 15 is 0 Å². The lowest BCUT2D eigenvalue weighted by Crippen LogP contribution is -2.58. The van der Waals surface area contributed by atoms with Crippen LogP contribution in [-0.2, 0) is 19.9 Å². The molecule has 24 heavy (non-hydrogen) atoms. The molecule has 8 heteroatoms. The monoisotopic (exact) mass is 391 g/mol. The SMILES string of the molecule is Cc1ccc(Cl)cc1S(=O)(=O)N1CC(S(=O)(=O)C2CCCCC2)C1. The fourth-order valence-electron chi connectivity index (χ4n) is 3.46. The highest BCUT2D eigenvalue weighted by atomic mass is 35.5. The van der Waals surface area contributed by atoms with Crippen molar-refractivity contribution in [1.82, 2.24) is 4.31 Å². The van der Waals surface area contributed by atoms with Gasteiger partial charge in [-0.3, -0.25) is 0 Å². The van der Waals surface area contributed by atoms with Crippen molar-refractivity contribution in [2.24, 2.45) is 0 Å². The van der Waals surface area contributed by atoms with Crippen LogP contribution in [0.5, 0.6) is 0 Å². The fraction of sp³-hybridized carbons (Fsp3) is 0.625. The van der Waals surface area contributed by atoms with Crippen LogP contribution in [0.15, 0.2) is 23.1 Å². The second kappa shape index (κ2) is 6.59. The maximum Gasteiger partial charge on any atom is 0.243 e. The lowest BCUT2D eigenvalue weighted by molar-refractivity contribution is 0.306. The lowest BCUT2D eigenvalue weighted by Gasteiger charge is -2.40. The summed E-state index contributed by atoms with van der Waals surface area (Å²) in [5, 5.41) is -0.519. The van der Waals surface area contributed by atoms with E-state index in [2.05, 4.69) is 0 Å². The Hall–Kier alpha value is -0.630. The van der Waals surface area contributed by atoms with Gasteiger partial charge in [-0.05, 0) is 37.5 Å². The third-order valence-corrected chi connectivity index (χ3v) is 9.90. The maximum atomic E-state index is 12.7. The molecule has 0 spiro atoms. The minimum absolute atomic E-state index is 0.0487. The molecule has 0 aromatic heterocycles. The Kier molecular flexibility index (Phi) is 4.99. The average molecular weight is 392 g/mol. The summed E-state index contributed by atoms with van der Waals surface area (Å²) in [5.41, 5.74) is 0.609. The molecule has 0 atom stereocenters. The first kappa shape index (κ1) is 18.2. The number of hydrogen-bond acceptors (Lipinski definition) is 4. The van der Waals surface area contributed by atoms with Crippen molar-refractivity contribution >= 4 is 31.5 Å². The average Bonchev–Trinajstić information content (AvgIpc) is 2.48. The van der Waals surface area contributed by atoms with E-state index in [1.165, 1.54) is 10.4 Å². The van der Waals surface area contributed by atoms with Crippen molar-refractivity contribution in [3.8, 4) is 0 Å². The summed E-state index contributed by atoms with van der Waals surface area (Å²) in [5.74, 6) is 0. The number of sulfonamides is 1. The van der Waals surface area contributed by atoms with Crippen LogP contribution in [0.3, 0.4) is 0 Å². The van der Waals surface area contributed by atoms with Crippen LogP contribution in [0.4, 0.5) is 0 Å². The highest BCUT2D eigenvalue weighted by Gasteiger charge is 2.46. The van der Waals surface area contributed by atoms with E-state index in [-0.39, 0.29) is 23.2 Å². The van der Waals surface area contributed by atoms with Gasteiger partial charge >= 0.3 is 0 Å². The molecular weight excluding hydrogens is 370 g/mol. The van der Waals surface area contributed by atoms with Crippen molar-refractivity contribution in [2.75, 3.05) is 13.1 Å². The first-order valence-electron chi connectivity index (χ1n) is 8.22. The minimum Gasteiger partial charge on any atom is -0.228 e. The molecule has 0 N–H and O–H groups in total. The molecule has 0 bridgehead atoms. The van der Waals surface area contributed by atoms with E-state index < -0.39 is 25.1 Å². The number of benzene rings is 1. The van der Waals surface area contributed by atoms with Crippen LogP contribution < -0.4 is 0 Å². The predicted molar refractivity (Wildman–Crippen MR) is 94.5 cm³/mol. The largest absolute Gasteiger partial charge is 0.243 e. The quantitative estimate of drug-likeness (QED) is 0.791. The summed E-state index contributed by atoms with van der Waals surface area (Å²) >= 11 is 5.91. The second-order valence-corrected chi connectivity index (χ2v) is 11.6. The Morgan fingerprint density at radius 2 is 1.62 bits per heavy atom. The van der Waals surface area contributed by atoms with E-state index in [9.17, 15) is 16.8 Å². The van der Waals surface area contributed by atoms with Crippen molar-refractivity contribution < 1.29 is 16.8 Å². The van der Waals surface area contributed by atoms with Gasteiger partial charge < -0.3 is 0 Å². The summed E-state index contributed by atoms with van der Waals surface area (Å²) in [6, 6.07) is 4.72. The number of aryl methyl sites for hydroxylation is 1. The Balaban J connectivity index is 1.74. The predicted octanol–water partition coefficient (Wildman–Crippen LogP) is 2.77. The Morgan fingerprint density at radius 1 is 1.00 bits per heavy atom. The van der Waals surface area contributed by atoms with Gasteiger partial charge in [-0.2, -0.15) is 4.31 Å². The summed E-state index contributed by atoms with van der Waals surface area (Å²) in [6.45, 7) is 1.81. The summed E-state index contributed by atoms with van der Waals surface area (Å²) in [4.78, 5) is 0.156. The Morgan fingerprint density at radius 3 is 2.25 bits per heavy atom. The van der Waals surface area contributed by atoms with Crippen molar-refractivity contribution in [3.05, 3.63) is 28.8 Å². The molecule has 1 aliphatic heterocycles. The van der Waals surface area contributed by atoms with Crippen LogP contribution in [0, 0.1) is 6.92 Å². The van der Waals surface area contributed by atoms with Crippen molar-refractivity contribution in [1.29, 1.82) is 0 Å². The van der Waals surface area contributed by atoms with E-state index in [1.54, 1.807) is 19.1 Å². The number of hydrogen-bond donors (Lipinski definition) is 0. The van der Waals surface area contributed by atoms with Gasteiger partial charge in [0, 0.05) is 18.1 Å². The third-order valence-electron chi connectivity index (χ3n) is 5.06. The van der Waals surface area contributed by atoms with E-state index in [4.69, 9.17) is 11.6 Å². The van der Waals surface area contributed by atoms with E-state index in [0.717, 1.165) is 19.3 Å². The van der Waals surface area contributed by atoms with Crippen LogP contribution in [0.1, 0.15) is 37.7 Å². The molecule has 1 heterocycles.